The van der Waals surface area contributed by atoms with Crippen LogP contribution < -0.4 is 5.32 Å². The number of halogens is 1. The van der Waals surface area contributed by atoms with E-state index in [2.05, 4.69) is 15.3 Å². The summed E-state index contributed by atoms with van der Waals surface area (Å²) in [6, 6.07) is 20.9. The van der Waals surface area contributed by atoms with E-state index in [-0.39, 0.29) is 5.56 Å². The van der Waals surface area contributed by atoms with E-state index in [0.29, 0.717) is 5.69 Å². The SMILES string of the molecule is O=C(Nc1ccc(-c2nc3ccccc3[nH]2)cc1)c1ccccc1F. The number of nitrogens with zero attached hydrogens (tertiary/aromatic N) is 1. The van der Waals surface area contributed by atoms with Gasteiger partial charge >= 0.3 is 0 Å². The molecule has 0 radical (unpaired) electrons. The van der Waals surface area contributed by atoms with E-state index >= 15 is 0 Å². The molecule has 1 heterocycles. The van der Waals surface area contributed by atoms with Crippen molar-refractivity contribution in [3.8, 4) is 11.4 Å². The van der Waals surface area contributed by atoms with Crippen LogP contribution in [0.25, 0.3) is 22.4 Å². The lowest BCUT2D eigenvalue weighted by Gasteiger charge is -2.06. The third kappa shape index (κ3) is 2.99. The fourth-order valence-electron chi connectivity index (χ4n) is 2.64. The summed E-state index contributed by atoms with van der Waals surface area (Å²) in [6.45, 7) is 0. The molecular formula is C20H14FN3O. The molecule has 0 bridgehead atoms. The Kier molecular flexibility index (Phi) is 3.74. The Morgan fingerprint density at radius 3 is 2.40 bits per heavy atom. The van der Waals surface area contributed by atoms with Crippen LogP contribution in [0.2, 0.25) is 0 Å². The maximum Gasteiger partial charge on any atom is 0.258 e. The summed E-state index contributed by atoms with van der Waals surface area (Å²) in [5.41, 5.74) is 3.38. The van der Waals surface area contributed by atoms with Crippen molar-refractivity contribution in [3.05, 3.63) is 84.2 Å². The molecule has 4 nitrogen and oxygen atoms in total. The zero-order valence-corrected chi connectivity index (χ0v) is 13.2. The number of carbonyl (C=O) groups is 1. The van der Waals surface area contributed by atoms with Gasteiger partial charge in [0.1, 0.15) is 11.6 Å². The van der Waals surface area contributed by atoms with Gasteiger partial charge in [0, 0.05) is 11.3 Å². The smallest absolute Gasteiger partial charge is 0.258 e. The summed E-state index contributed by atoms with van der Waals surface area (Å²) in [5, 5.41) is 2.69. The van der Waals surface area contributed by atoms with Gasteiger partial charge in [-0.3, -0.25) is 4.79 Å². The van der Waals surface area contributed by atoms with Crippen LogP contribution in [-0.2, 0) is 0 Å². The molecule has 4 aromatic rings. The van der Waals surface area contributed by atoms with Crippen molar-refractivity contribution in [3.63, 3.8) is 0 Å². The number of amides is 1. The summed E-state index contributed by atoms with van der Waals surface area (Å²) < 4.78 is 13.7. The molecule has 0 saturated heterocycles. The minimum atomic E-state index is -0.543. The van der Waals surface area contributed by atoms with Gasteiger partial charge in [-0.15, -0.1) is 0 Å². The van der Waals surface area contributed by atoms with Gasteiger partial charge in [-0.05, 0) is 48.5 Å². The standard InChI is InChI=1S/C20H14FN3O/c21-16-6-2-1-5-15(16)20(25)22-14-11-9-13(10-12-14)19-23-17-7-3-4-8-18(17)24-19/h1-12H,(H,22,25)(H,23,24). The molecular weight excluding hydrogens is 317 g/mol. The number of nitrogens with one attached hydrogen (secondary N) is 2. The molecule has 4 rings (SSSR count). The van der Waals surface area contributed by atoms with Gasteiger partial charge in [-0.2, -0.15) is 0 Å². The number of anilines is 1. The number of imidazole rings is 1. The summed E-state index contributed by atoms with van der Waals surface area (Å²) in [4.78, 5) is 19.9. The van der Waals surface area contributed by atoms with Gasteiger partial charge in [-0.25, -0.2) is 9.37 Å². The third-order valence-corrected chi connectivity index (χ3v) is 3.92. The van der Waals surface area contributed by atoms with Crippen LogP contribution in [0.5, 0.6) is 0 Å². The Morgan fingerprint density at radius 1 is 0.920 bits per heavy atom. The predicted octanol–water partition coefficient (Wildman–Crippen LogP) is 4.62. The number of hydrogen-bond donors (Lipinski definition) is 2. The number of fused-ring (bicyclic) bond motifs is 1. The maximum atomic E-state index is 13.7. The number of hydrogen-bond acceptors (Lipinski definition) is 2. The van der Waals surface area contributed by atoms with Crippen molar-refractivity contribution in [1.29, 1.82) is 0 Å². The molecule has 2 N–H and O–H groups in total. The summed E-state index contributed by atoms with van der Waals surface area (Å²) in [5.74, 6) is -0.262. The monoisotopic (exact) mass is 331 g/mol. The molecule has 3 aromatic carbocycles. The first kappa shape index (κ1) is 15.1. The molecule has 0 aliphatic heterocycles. The van der Waals surface area contributed by atoms with Gasteiger partial charge in [-0.1, -0.05) is 24.3 Å². The third-order valence-electron chi connectivity index (χ3n) is 3.92. The van der Waals surface area contributed by atoms with E-state index in [9.17, 15) is 9.18 Å². The molecule has 122 valence electrons. The zero-order chi connectivity index (χ0) is 17.2. The second-order valence-electron chi connectivity index (χ2n) is 5.61. The predicted molar refractivity (Wildman–Crippen MR) is 95.9 cm³/mol. The minimum absolute atomic E-state index is 0.0175. The van der Waals surface area contributed by atoms with Crippen LogP contribution >= 0.6 is 0 Å². The van der Waals surface area contributed by atoms with Crippen LogP contribution in [0.1, 0.15) is 10.4 Å². The lowest BCUT2D eigenvalue weighted by atomic mass is 10.1. The molecule has 0 aliphatic carbocycles. The van der Waals surface area contributed by atoms with E-state index in [4.69, 9.17) is 0 Å². The van der Waals surface area contributed by atoms with Gasteiger partial charge in [0.25, 0.3) is 5.91 Å². The quantitative estimate of drug-likeness (QED) is 0.575. The summed E-state index contributed by atoms with van der Waals surface area (Å²) in [6.07, 6.45) is 0. The van der Waals surface area contributed by atoms with Crippen molar-refractivity contribution >= 4 is 22.6 Å². The fourth-order valence-corrected chi connectivity index (χ4v) is 2.64. The Bertz CT molecular complexity index is 1020. The van der Waals surface area contributed by atoms with Crippen molar-refractivity contribution in [2.24, 2.45) is 0 Å². The average molecular weight is 331 g/mol. The maximum absolute atomic E-state index is 13.7. The summed E-state index contributed by atoms with van der Waals surface area (Å²) >= 11 is 0. The van der Waals surface area contributed by atoms with E-state index in [1.807, 2.05) is 36.4 Å². The highest BCUT2D eigenvalue weighted by Gasteiger charge is 2.11. The van der Waals surface area contributed by atoms with Gasteiger partial charge in [0.15, 0.2) is 0 Å². The normalized spacial score (nSPS) is 10.8. The molecule has 0 aliphatic rings. The second-order valence-corrected chi connectivity index (χ2v) is 5.61. The lowest BCUT2D eigenvalue weighted by Crippen LogP contribution is -2.13. The van der Waals surface area contributed by atoms with Crippen molar-refractivity contribution in [2.45, 2.75) is 0 Å². The fraction of sp³-hybridized carbons (Fsp3) is 0. The van der Waals surface area contributed by atoms with Crippen molar-refractivity contribution in [2.75, 3.05) is 5.32 Å². The number of carbonyl (C=O) groups excluding carboxylic acids is 1. The first-order chi connectivity index (χ1) is 12.2. The first-order valence-corrected chi connectivity index (χ1v) is 7.82. The molecule has 0 fully saturated rings. The van der Waals surface area contributed by atoms with E-state index in [1.54, 1.807) is 24.3 Å². The van der Waals surface area contributed by atoms with Crippen LogP contribution in [0.4, 0.5) is 10.1 Å². The van der Waals surface area contributed by atoms with Crippen molar-refractivity contribution < 1.29 is 9.18 Å². The zero-order valence-electron chi connectivity index (χ0n) is 13.2. The lowest BCUT2D eigenvalue weighted by molar-refractivity contribution is 0.102. The Hall–Kier alpha value is -3.47. The van der Waals surface area contributed by atoms with Gasteiger partial charge in [0.2, 0.25) is 0 Å². The first-order valence-electron chi connectivity index (χ1n) is 7.82. The minimum Gasteiger partial charge on any atom is -0.338 e. The van der Waals surface area contributed by atoms with E-state index < -0.39 is 11.7 Å². The van der Waals surface area contributed by atoms with Crippen LogP contribution in [0.3, 0.4) is 0 Å². The molecule has 0 unspecified atom stereocenters. The van der Waals surface area contributed by atoms with Gasteiger partial charge < -0.3 is 10.3 Å². The molecule has 1 aromatic heterocycles. The number of H-pyrrole nitrogens is 1. The summed E-state index contributed by atoms with van der Waals surface area (Å²) in [7, 11) is 0. The molecule has 0 saturated carbocycles. The average Bonchev–Trinajstić information content (AvgIpc) is 3.07. The highest BCUT2D eigenvalue weighted by Crippen LogP contribution is 2.22. The van der Waals surface area contributed by atoms with Crippen LogP contribution in [0.15, 0.2) is 72.8 Å². The molecule has 5 heteroatoms. The van der Waals surface area contributed by atoms with E-state index in [0.717, 1.165) is 22.4 Å². The Balaban J connectivity index is 1.56. The highest BCUT2D eigenvalue weighted by molar-refractivity contribution is 6.04. The number of benzene rings is 3. The van der Waals surface area contributed by atoms with E-state index in [1.165, 1.54) is 12.1 Å². The topological polar surface area (TPSA) is 57.8 Å². The number of rotatable bonds is 3. The largest absolute Gasteiger partial charge is 0.338 e. The molecule has 1 amide bonds. The number of aromatic nitrogens is 2. The Morgan fingerprint density at radius 2 is 1.64 bits per heavy atom. The van der Waals surface area contributed by atoms with Gasteiger partial charge in [0.05, 0.1) is 16.6 Å². The molecule has 0 spiro atoms. The van der Waals surface area contributed by atoms with Crippen LogP contribution in [-0.4, -0.2) is 15.9 Å². The Labute approximate surface area is 143 Å². The molecule has 25 heavy (non-hydrogen) atoms. The van der Waals surface area contributed by atoms with Crippen molar-refractivity contribution in [1.82, 2.24) is 9.97 Å². The second kappa shape index (κ2) is 6.20. The molecule has 0 atom stereocenters. The highest BCUT2D eigenvalue weighted by atomic mass is 19.1. The number of aromatic amines is 1. The number of para-hydroxylation sites is 2. The van der Waals surface area contributed by atoms with Crippen LogP contribution in [0, 0.1) is 5.82 Å².